The van der Waals surface area contributed by atoms with Crippen LogP contribution in [0.4, 0.5) is 0 Å². The summed E-state index contributed by atoms with van der Waals surface area (Å²) in [5.41, 5.74) is -0.978. The van der Waals surface area contributed by atoms with Gasteiger partial charge in [0.1, 0.15) is 6.10 Å². The molecule has 0 aliphatic rings. The van der Waals surface area contributed by atoms with Crippen molar-refractivity contribution in [2.75, 3.05) is 0 Å². The highest BCUT2D eigenvalue weighted by Gasteiger charge is 2.29. The number of hydrogen-bond donors (Lipinski definition) is 2. The first-order chi connectivity index (χ1) is 5.10. The van der Waals surface area contributed by atoms with E-state index in [-0.39, 0.29) is 0 Å². The summed E-state index contributed by atoms with van der Waals surface area (Å²) in [6.07, 6.45) is 3.31. The van der Waals surface area contributed by atoms with Crippen molar-refractivity contribution in [3.05, 3.63) is 19.1 Å². The summed E-state index contributed by atoms with van der Waals surface area (Å²) in [7, 11) is 0. The molecular formula is C9H17O2. The zero-order chi connectivity index (χ0) is 8.91. The molecule has 0 aromatic heterocycles. The van der Waals surface area contributed by atoms with E-state index in [2.05, 4.69) is 6.92 Å². The third-order valence-corrected chi connectivity index (χ3v) is 2.09. The van der Waals surface area contributed by atoms with Crippen molar-refractivity contribution in [1.82, 2.24) is 0 Å². The second-order valence-corrected chi connectivity index (χ2v) is 2.68. The molecule has 2 heteroatoms. The molecule has 1 unspecified atom stereocenters. The number of allylic oxidation sites excluding steroid dienone is 1. The quantitative estimate of drug-likeness (QED) is 0.645. The Morgan fingerprint density at radius 1 is 1.45 bits per heavy atom. The van der Waals surface area contributed by atoms with E-state index < -0.39 is 11.7 Å². The molecular weight excluding hydrogens is 140 g/mol. The van der Waals surface area contributed by atoms with Crippen LogP contribution in [-0.2, 0) is 0 Å². The molecule has 1 atom stereocenters. The van der Waals surface area contributed by atoms with Crippen LogP contribution in [0.2, 0.25) is 0 Å². The largest absolute Gasteiger partial charge is 0.387 e. The standard InChI is InChI=1S/C9H17O2/c1-4-7-8(10)9(11,5-2)6-3/h4,7-8,10-11H,1,5-6H2,2-3H3/b7-4+. The van der Waals surface area contributed by atoms with Gasteiger partial charge < -0.3 is 10.2 Å². The number of aliphatic hydroxyl groups excluding tert-OH is 1. The molecule has 0 aliphatic carbocycles. The van der Waals surface area contributed by atoms with E-state index in [1.54, 1.807) is 0 Å². The molecule has 2 nitrogen and oxygen atoms in total. The number of aliphatic hydroxyl groups is 2. The molecule has 1 radical (unpaired) electrons. The van der Waals surface area contributed by atoms with Crippen LogP contribution in [0.15, 0.2) is 12.2 Å². The molecule has 2 N–H and O–H groups in total. The van der Waals surface area contributed by atoms with Gasteiger partial charge in [-0.2, -0.15) is 0 Å². The van der Waals surface area contributed by atoms with Gasteiger partial charge in [-0.15, -0.1) is 0 Å². The third kappa shape index (κ3) is 2.64. The van der Waals surface area contributed by atoms with Gasteiger partial charge >= 0.3 is 0 Å². The Morgan fingerprint density at radius 3 is 2.18 bits per heavy atom. The lowest BCUT2D eigenvalue weighted by Crippen LogP contribution is -2.39. The Kier molecular flexibility index (Phi) is 4.38. The third-order valence-electron chi connectivity index (χ3n) is 2.09. The van der Waals surface area contributed by atoms with Crippen LogP contribution in [0, 0.1) is 6.92 Å². The van der Waals surface area contributed by atoms with Crippen LogP contribution < -0.4 is 0 Å². The van der Waals surface area contributed by atoms with Gasteiger partial charge in [-0.3, -0.25) is 0 Å². The fraction of sp³-hybridized carbons (Fsp3) is 0.667. The second-order valence-electron chi connectivity index (χ2n) is 2.68. The van der Waals surface area contributed by atoms with E-state index in [0.717, 1.165) is 0 Å². The minimum absolute atomic E-state index is 0.551. The van der Waals surface area contributed by atoms with Gasteiger partial charge in [-0.1, -0.05) is 26.0 Å². The van der Waals surface area contributed by atoms with E-state index >= 15 is 0 Å². The maximum Gasteiger partial charge on any atom is 0.101 e. The summed E-state index contributed by atoms with van der Waals surface area (Å²) in [5, 5.41) is 19.1. The molecule has 0 fully saturated rings. The Balaban J connectivity index is 4.23. The SMILES string of the molecule is [CH2]/C=C/C(O)C(O)(CC)CC. The van der Waals surface area contributed by atoms with E-state index in [1.165, 1.54) is 12.2 Å². The average molecular weight is 157 g/mol. The minimum Gasteiger partial charge on any atom is -0.387 e. The fourth-order valence-electron chi connectivity index (χ4n) is 0.976. The first kappa shape index (κ1) is 10.7. The first-order valence-corrected chi connectivity index (χ1v) is 3.97. The highest BCUT2D eigenvalue weighted by atomic mass is 16.3. The predicted octanol–water partition coefficient (Wildman–Crippen LogP) is 1.29. The molecule has 0 saturated carbocycles. The fourth-order valence-corrected chi connectivity index (χ4v) is 0.976. The molecule has 0 amide bonds. The average Bonchev–Trinajstić information content (AvgIpc) is 2.03. The topological polar surface area (TPSA) is 40.5 Å². The normalized spacial score (nSPS) is 15.7. The summed E-state index contributed by atoms with van der Waals surface area (Å²) < 4.78 is 0. The zero-order valence-electron chi connectivity index (χ0n) is 7.25. The highest BCUT2D eigenvalue weighted by molar-refractivity contribution is 5.00. The van der Waals surface area contributed by atoms with Gasteiger partial charge in [0.15, 0.2) is 0 Å². The maximum atomic E-state index is 9.70. The van der Waals surface area contributed by atoms with E-state index in [0.29, 0.717) is 12.8 Å². The van der Waals surface area contributed by atoms with E-state index in [9.17, 15) is 10.2 Å². The molecule has 0 spiro atoms. The number of rotatable bonds is 4. The second kappa shape index (κ2) is 4.52. The summed E-state index contributed by atoms with van der Waals surface area (Å²) in [6, 6.07) is 0. The molecule has 0 rings (SSSR count). The lowest BCUT2D eigenvalue weighted by Gasteiger charge is -2.28. The van der Waals surface area contributed by atoms with E-state index in [4.69, 9.17) is 0 Å². The van der Waals surface area contributed by atoms with Crippen LogP contribution in [0.5, 0.6) is 0 Å². The highest BCUT2D eigenvalue weighted by Crippen LogP contribution is 2.20. The van der Waals surface area contributed by atoms with Gasteiger partial charge in [0, 0.05) is 0 Å². The summed E-state index contributed by atoms with van der Waals surface area (Å²) in [4.78, 5) is 0. The first-order valence-electron chi connectivity index (χ1n) is 3.97. The number of hydrogen-bond acceptors (Lipinski definition) is 2. The van der Waals surface area contributed by atoms with Crippen LogP contribution in [0.25, 0.3) is 0 Å². The Hall–Kier alpha value is -0.340. The van der Waals surface area contributed by atoms with E-state index in [1.807, 2.05) is 13.8 Å². The van der Waals surface area contributed by atoms with Gasteiger partial charge in [0.05, 0.1) is 5.60 Å². The summed E-state index contributed by atoms with van der Waals surface area (Å²) >= 11 is 0. The molecule has 65 valence electrons. The van der Waals surface area contributed by atoms with Crippen LogP contribution in [0.3, 0.4) is 0 Å². The van der Waals surface area contributed by atoms with Gasteiger partial charge in [-0.25, -0.2) is 0 Å². The monoisotopic (exact) mass is 157 g/mol. The minimum atomic E-state index is -0.978. The van der Waals surface area contributed by atoms with Gasteiger partial charge in [0.25, 0.3) is 0 Å². The molecule has 0 saturated heterocycles. The Morgan fingerprint density at radius 2 is 1.91 bits per heavy atom. The van der Waals surface area contributed by atoms with Crippen molar-refractivity contribution in [2.45, 2.75) is 38.4 Å². The Bertz CT molecular complexity index is 126. The lowest BCUT2D eigenvalue weighted by molar-refractivity contribution is -0.0572. The molecule has 0 aromatic carbocycles. The lowest BCUT2D eigenvalue weighted by atomic mass is 9.90. The predicted molar refractivity (Wildman–Crippen MR) is 46.0 cm³/mol. The van der Waals surface area contributed by atoms with Crippen LogP contribution in [-0.4, -0.2) is 21.9 Å². The molecule has 0 aliphatic heterocycles. The van der Waals surface area contributed by atoms with Crippen molar-refractivity contribution in [3.8, 4) is 0 Å². The molecule has 0 bridgehead atoms. The molecule has 0 heterocycles. The summed E-state index contributed by atoms with van der Waals surface area (Å²) in [5.74, 6) is 0. The zero-order valence-corrected chi connectivity index (χ0v) is 7.25. The van der Waals surface area contributed by atoms with Crippen LogP contribution >= 0.6 is 0 Å². The Labute approximate surface area is 68.6 Å². The van der Waals surface area contributed by atoms with Gasteiger partial charge in [-0.05, 0) is 19.8 Å². The maximum absolute atomic E-state index is 9.70. The van der Waals surface area contributed by atoms with Crippen molar-refractivity contribution < 1.29 is 10.2 Å². The van der Waals surface area contributed by atoms with Crippen molar-refractivity contribution >= 4 is 0 Å². The molecule has 0 aromatic rings. The smallest absolute Gasteiger partial charge is 0.101 e. The van der Waals surface area contributed by atoms with Crippen molar-refractivity contribution in [1.29, 1.82) is 0 Å². The van der Waals surface area contributed by atoms with Crippen molar-refractivity contribution in [2.24, 2.45) is 0 Å². The van der Waals surface area contributed by atoms with Crippen LogP contribution in [0.1, 0.15) is 26.7 Å². The van der Waals surface area contributed by atoms with Gasteiger partial charge in [0.2, 0.25) is 0 Å². The van der Waals surface area contributed by atoms with Crippen molar-refractivity contribution in [3.63, 3.8) is 0 Å². The summed E-state index contributed by atoms with van der Waals surface area (Å²) in [6.45, 7) is 7.16. The molecule has 11 heavy (non-hydrogen) atoms.